The van der Waals surface area contributed by atoms with E-state index in [0.717, 1.165) is 19.6 Å². The van der Waals surface area contributed by atoms with Gasteiger partial charge < -0.3 is 25.0 Å². The van der Waals surface area contributed by atoms with Crippen LogP contribution in [0.25, 0.3) is 0 Å². The molecule has 1 aliphatic heterocycles. The summed E-state index contributed by atoms with van der Waals surface area (Å²) in [6.07, 6.45) is -1.35. The molecule has 0 atom stereocenters. The minimum atomic E-state index is -0.917. The van der Waals surface area contributed by atoms with E-state index in [9.17, 15) is 9.59 Å². The van der Waals surface area contributed by atoms with Crippen molar-refractivity contribution in [1.29, 1.82) is 0 Å². The zero-order valence-electron chi connectivity index (χ0n) is 11.6. The number of ether oxygens (including phenoxy) is 1. The number of alkyl carbamates (subject to hydrolysis) is 1. The van der Waals surface area contributed by atoms with Crippen LogP contribution in [0, 0.1) is 5.92 Å². The van der Waals surface area contributed by atoms with Crippen LogP contribution in [0.4, 0.5) is 9.59 Å². The summed E-state index contributed by atoms with van der Waals surface area (Å²) in [4.78, 5) is 25.4. The molecular weight excluding hydrogens is 250 g/mol. The number of carbonyl (C=O) groups excluding carboxylic acids is 1. The van der Waals surface area contributed by atoms with Crippen molar-refractivity contribution in [2.24, 2.45) is 5.92 Å². The first-order chi connectivity index (χ1) is 9.06. The minimum Gasteiger partial charge on any atom is -0.465 e. The van der Waals surface area contributed by atoms with Crippen LogP contribution in [-0.4, -0.2) is 73.0 Å². The molecule has 0 spiro atoms. The second-order valence-corrected chi connectivity index (χ2v) is 4.61. The molecule has 0 aromatic carbocycles. The molecule has 0 saturated carbocycles. The summed E-state index contributed by atoms with van der Waals surface area (Å²) in [5, 5.41) is 11.3. The summed E-state index contributed by atoms with van der Waals surface area (Å²) >= 11 is 0. The van der Waals surface area contributed by atoms with Crippen LogP contribution in [0.1, 0.15) is 13.8 Å². The molecule has 0 aliphatic carbocycles. The first-order valence-electron chi connectivity index (χ1n) is 6.67. The Hall–Kier alpha value is -1.50. The van der Waals surface area contributed by atoms with Gasteiger partial charge in [0.25, 0.3) is 0 Å². The van der Waals surface area contributed by atoms with E-state index >= 15 is 0 Å². The van der Waals surface area contributed by atoms with Gasteiger partial charge in [0.15, 0.2) is 0 Å². The van der Waals surface area contributed by atoms with Crippen LogP contribution in [0.15, 0.2) is 0 Å². The highest BCUT2D eigenvalue weighted by molar-refractivity contribution is 5.67. The second-order valence-electron chi connectivity index (χ2n) is 4.61. The predicted octanol–water partition coefficient (Wildman–Crippen LogP) is 0.664. The Labute approximate surface area is 113 Å². The molecule has 0 unspecified atom stereocenters. The van der Waals surface area contributed by atoms with Gasteiger partial charge in [-0.15, -0.1) is 0 Å². The molecule has 7 nitrogen and oxygen atoms in total. The zero-order valence-corrected chi connectivity index (χ0v) is 11.6. The van der Waals surface area contributed by atoms with Crippen molar-refractivity contribution in [3.63, 3.8) is 0 Å². The smallest absolute Gasteiger partial charge is 0.407 e. The number of amides is 2. The third-order valence-corrected chi connectivity index (χ3v) is 3.27. The first-order valence-corrected chi connectivity index (χ1v) is 6.67. The molecule has 19 heavy (non-hydrogen) atoms. The van der Waals surface area contributed by atoms with Crippen molar-refractivity contribution in [2.45, 2.75) is 13.8 Å². The lowest BCUT2D eigenvalue weighted by atomic mass is 10.0. The number of likely N-dealkylation sites (tertiary alicyclic amines) is 1. The zero-order chi connectivity index (χ0) is 14.3. The Morgan fingerprint density at radius 1 is 1.37 bits per heavy atom. The standard InChI is InChI=1S/C12H23N3O4/c1-3-14(4-2)6-5-13-11(16)19-9-10-7-15(8-10)12(17)18/h10H,3-9H2,1-2H3,(H,13,16)(H,17,18). The summed E-state index contributed by atoms with van der Waals surface area (Å²) in [5.74, 6) is 0.129. The van der Waals surface area contributed by atoms with E-state index < -0.39 is 12.2 Å². The van der Waals surface area contributed by atoms with Crippen molar-refractivity contribution in [1.82, 2.24) is 15.1 Å². The van der Waals surface area contributed by atoms with Gasteiger partial charge in [-0.2, -0.15) is 0 Å². The molecule has 1 aliphatic rings. The Bertz CT molecular complexity index is 301. The van der Waals surface area contributed by atoms with E-state index in [1.165, 1.54) is 4.90 Å². The Balaban J connectivity index is 2.02. The summed E-state index contributed by atoms with van der Waals surface area (Å²) in [5.41, 5.74) is 0. The molecule has 0 aromatic heterocycles. The maximum absolute atomic E-state index is 11.4. The van der Waals surface area contributed by atoms with Crippen LogP contribution in [-0.2, 0) is 4.74 Å². The van der Waals surface area contributed by atoms with Crippen molar-refractivity contribution in [3.8, 4) is 0 Å². The highest BCUT2D eigenvalue weighted by Gasteiger charge is 2.31. The van der Waals surface area contributed by atoms with Crippen molar-refractivity contribution < 1.29 is 19.4 Å². The lowest BCUT2D eigenvalue weighted by Gasteiger charge is -2.36. The first kappa shape index (κ1) is 15.6. The fourth-order valence-electron chi connectivity index (χ4n) is 1.93. The average molecular weight is 273 g/mol. The number of rotatable bonds is 7. The molecule has 1 heterocycles. The quantitative estimate of drug-likeness (QED) is 0.712. The maximum Gasteiger partial charge on any atom is 0.407 e. The number of carbonyl (C=O) groups is 2. The van der Waals surface area contributed by atoms with Crippen LogP contribution in [0.2, 0.25) is 0 Å². The van der Waals surface area contributed by atoms with Crippen molar-refractivity contribution in [2.75, 3.05) is 45.9 Å². The maximum atomic E-state index is 11.4. The predicted molar refractivity (Wildman–Crippen MR) is 70.2 cm³/mol. The molecule has 0 bridgehead atoms. The molecule has 2 amide bonds. The van der Waals surface area contributed by atoms with E-state index in [0.29, 0.717) is 19.6 Å². The summed E-state index contributed by atoms with van der Waals surface area (Å²) in [6.45, 7) is 8.61. The summed E-state index contributed by atoms with van der Waals surface area (Å²) in [6, 6.07) is 0. The summed E-state index contributed by atoms with van der Waals surface area (Å²) < 4.78 is 5.03. The number of nitrogens with one attached hydrogen (secondary N) is 1. The van der Waals surface area contributed by atoms with Gasteiger partial charge in [0.1, 0.15) is 0 Å². The van der Waals surface area contributed by atoms with E-state index in [2.05, 4.69) is 24.1 Å². The van der Waals surface area contributed by atoms with E-state index in [1.54, 1.807) is 0 Å². The topological polar surface area (TPSA) is 82.1 Å². The van der Waals surface area contributed by atoms with Gasteiger partial charge in [-0.25, -0.2) is 9.59 Å². The molecule has 110 valence electrons. The Morgan fingerprint density at radius 2 is 2.00 bits per heavy atom. The highest BCUT2D eigenvalue weighted by Crippen LogP contribution is 2.15. The van der Waals surface area contributed by atoms with Gasteiger partial charge in [-0.3, -0.25) is 0 Å². The molecule has 1 saturated heterocycles. The normalized spacial score (nSPS) is 15.2. The van der Waals surface area contributed by atoms with Crippen LogP contribution < -0.4 is 5.32 Å². The largest absolute Gasteiger partial charge is 0.465 e. The van der Waals surface area contributed by atoms with Gasteiger partial charge in [-0.05, 0) is 13.1 Å². The molecule has 1 rings (SSSR count). The number of nitrogens with zero attached hydrogens (tertiary/aromatic N) is 2. The van der Waals surface area contributed by atoms with Crippen molar-refractivity contribution in [3.05, 3.63) is 0 Å². The van der Waals surface area contributed by atoms with Gasteiger partial charge >= 0.3 is 12.2 Å². The van der Waals surface area contributed by atoms with Gasteiger partial charge in [-0.1, -0.05) is 13.8 Å². The molecule has 1 fully saturated rings. The minimum absolute atomic E-state index is 0.129. The Kier molecular flexibility index (Phi) is 6.41. The number of hydrogen-bond donors (Lipinski definition) is 2. The van der Waals surface area contributed by atoms with E-state index in [1.807, 2.05) is 0 Å². The molecule has 2 N–H and O–H groups in total. The molecule has 7 heteroatoms. The van der Waals surface area contributed by atoms with E-state index in [-0.39, 0.29) is 12.5 Å². The van der Waals surface area contributed by atoms with Gasteiger partial charge in [0, 0.05) is 32.1 Å². The number of hydrogen-bond acceptors (Lipinski definition) is 4. The fourth-order valence-corrected chi connectivity index (χ4v) is 1.93. The fraction of sp³-hybridized carbons (Fsp3) is 0.833. The lowest BCUT2D eigenvalue weighted by Crippen LogP contribution is -2.51. The van der Waals surface area contributed by atoms with Crippen LogP contribution in [0.3, 0.4) is 0 Å². The van der Waals surface area contributed by atoms with Gasteiger partial charge in [0.05, 0.1) is 6.61 Å². The third kappa shape index (κ3) is 5.34. The van der Waals surface area contributed by atoms with Gasteiger partial charge in [0.2, 0.25) is 0 Å². The number of likely N-dealkylation sites (N-methyl/N-ethyl adjacent to an activating group) is 1. The monoisotopic (exact) mass is 273 g/mol. The van der Waals surface area contributed by atoms with Crippen LogP contribution >= 0.6 is 0 Å². The molecule has 0 radical (unpaired) electrons. The Morgan fingerprint density at radius 3 is 2.53 bits per heavy atom. The molecular formula is C12H23N3O4. The van der Waals surface area contributed by atoms with Crippen LogP contribution in [0.5, 0.6) is 0 Å². The summed E-state index contributed by atoms with van der Waals surface area (Å²) in [7, 11) is 0. The second kappa shape index (κ2) is 7.83. The average Bonchev–Trinajstić information content (AvgIpc) is 2.32. The third-order valence-electron chi connectivity index (χ3n) is 3.27. The SMILES string of the molecule is CCN(CC)CCNC(=O)OCC1CN(C(=O)O)C1. The lowest BCUT2D eigenvalue weighted by molar-refractivity contribution is 0.0422. The van der Waals surface area contributed by atoms with E-state index in [4.69, 9.17) is 9.84 Å². The highest BCUT2D eigenvalue weighted by atomic mass is 16.5. The number of carboxylic acid groups (broad SMARTS) is 1. The van der Waals surface area contributed by atoms with Crippen molar-refractivity contribution >= 4 is 12.2 Å². The molecule has 0 aromatic rings.